The summed E-state index contributed by atoms with van der Waals surface area (Å²) in [6.45, 7) is 3.46. The molecule has 0 fully saturated rings. The van der Waals surface area contributed by atoms with Crippen LogP contribution in [-0.2, 0) is 14.3 Å². The molecule has 1 unspecified atom stereocenters. The van der Waals surface area contributed by atoms with Gasteiger partial charge in [0.15, 0.2) is 0 Å². The average Bonchev–Trinajstić information content (AvgIpc) is 1.84. The minimum Gasteiger partial charge on any atom is -0.481 e. The van der Waals surface area contributed by atoms with Crippen LogP contribution >= 0.6 is 0 Å². The van der Waals surface area contributed by atoms with Crippen molar-refractivity contribution in [2.75, 3.05) is 6.61 Å². The van der Waals surface area contributed by atoms with Gasteiger partial charge < -0.3 is 9.84 Å². The van der Waals surface area contributed by atoms with Crippen LogP contribution in [0, 0.1) is 5.92 Å². The molecule has 0 saturated heterocycles. The molecule has 4 nitrogen and oxygen atoms in total. The average molecular weight is 174 g/mol. The normalized spacial score (nSPS) is 12.2. The standard InChI is InChI=1S/C8H14O4/c1-6(5-8(10)11)3-4-12-7(2)9/h6H,3-5H2,1-2H3,(H,10,11). The molecular weight excluding hydrogens is 160 g/mol. The summed E-state index contributed by atoms with van der Waals surface area (Å²) in [5.74, 6) is -1.08. The van der Waals surface area contributed by atoms with Gasteiger partial charge in [-0.2, -0.15) is 0 Å². The second-order valence-corrected chi connectivity index (χ2v) is 2.83. The number of carboxylic acids is 1. The van der Waals surface area contributed by atoms with Crippen LogP contribution in [-0.4, -0.2) is 23.7 Å². The number of carboxylic acid groups (broad SMARTS) is 1. The van der Waals surface area contributed by atoms with Gasteiger partial charge >= 0.3 is 11.9 Å². The number of esters is 1. The fourth-order valence-corrected chi connectivity index (χ4v) is 0.804. The molecule has 0 aliphatic carbocycles. The molecule has 1 atom stereocenters. The van der Waals surface area contributed by atoms with Crippen molar-refractivity contribution in [2.24, 2.45) is 5.92 Å². The summed E-state index contributed by atoms with van der Waals surface area (Å²) < 4.78 is 4.66. The van der Waals surface area contributed by atoms with Crippen molar-refractivity contribution in [1.82, 2.24) is 0 Å². The van der Waals surface area contributed by atoms with Crippen LogP contribution in [0.5, 0.6) is 0 Å². The molecule has 12 heavy (non-hydrogen) atoms. The van der Waals surface area contributed by atoms with Gasteiger partial charge in [-0.1, -0.05) is 6.92 Å². The van der Waals surface area contributed by atoms with Crippen molar-refractivity contribution in [3.05, 3.63) is 0 Å². The van der Waals surface area contributed by atoms with Crippen molar-refractivity contribution < 1.29 is 19.4 Å². The van der Waals surface area contributed by atoms with Gasteiger partial charge in [-0.15, -0.1) is 0 Å². The summed E-state index contributed by atoms with van der Waals surface area (Å²) in [4.78, 5) is 20.5. The fourth-order valence-electron chi connectivity index (χ4n) is 0.804. The summed E-state index contributed by atoms with van der Waals surface area (Å²) in [5, 5.41) is 8.38. The van der Waals surface area contributed by atoms with E-state index in [-0.39, 0.29) is 18.3 Å². The Morgan fingerprint density at radius 3 is 2.50 bits per heavy atom. The molecule has 0 rings (SSSR count). The predicted octanol–water partition coefficient (Wildman–Crippen LogP) is 1.05. The smallest absolute Gasteiger partial charge is 0.303 e. The van der Waals surface area contributed by atoms with E-state index in [4.69, 9.17) is 5.11 Å². The SMILES string of the molecule is CC(=O)OCCC(C)CC(=O)O. The number of aliphatic carboxylic acids is 1. The molecule has 0 aliphatic heterocycles. The number of hydrogen-bond donors (Lipinski definition) is 1. The zero-order valence-corrected chi connectivity index (χ0v) is 7.37. The third-order valence-corrected chi connectivity index (χ3v) is 1.44. The Morgan fingerprint density at radius 2 is 2.08 bits per heavy atom. The minimum absolute atomic E-state index is 0.0573. The topological polar surface area (TPSA) is 63.6 Å². The zero-order valence-electron chi connectivity index (χ0n) is 7.37. The Hall–Kier alpha value is -1.06. The molecule has 70 valence electrons. The van der Waals surface area contributed by atoms with Gasteiger partial charge in [0.2, 0.25) is 0 Å². The maximum Gasteiger partial charge on any atom is 0.303 e. The molecular formula is C8H14O4. The highest BCUT2D eigenvalue weighted by Crippen LogP contribution is 2.06. The molecule has 0 amide bonds. The highest BCUT2D eigenvalue weighted by atomic mass is 16.5. The van der Waals surface area contributed by atoms with Crippen LogP contribution in [0.1, 0.15) is 26.7 Å². The van der Waals surface area contributed by atoms with Crippen molar-refractivity contribution >= 4 is 11.9 Å². The van der Waals surface area contributed by atoms with E-state index in [1.165, 1.54) is 6.92 Å². The van der Waals surface area contributed by atoms with Crippen molar-refractivity contribution in [3.8, 4) is 0 Å². The predicted molar refractivity (Wildman–Crippen MR) is 42.7 cm³/mol. The van der Waals surface area contributed by atoms with Crippen LogP contribution in [0.3, 0.4) is 0 Å². The molecule has 0 aromatic heterocycles. The summed E-state index contributed by atoms with van der Waals surface area (Å²) in [6.07, 6.45) is 0.729. The van der Waals surface area contributed by atoms with Crippen molar-refractivity contribution in [3.63, 3.8) is 0 Å². The highest BCUT2D eigenvalue weighted by molar-refractivity contribution is 5.67. The molecule has 0 radical (unpaired) electrons. The van der Waals surface area contributed by atoms with E-state index in [2.05, 4.69) is 4.74 Å². The quantitative estimate of drug-likeness (QED) is 0.633. The number of ether oxygens (including phenoxy) is 1. The molecule has 0 saturated carbocycles. The summed E-state index contributed by atoms with van der Waals surface area (Å²) in [7, 11) is 0. The molecule has 0 aromatic rings. The Balaban J connectivity index is 3.37. The Kier molecular flexibility index (Phi) is 5.08. The van der Waals surface area contributed by atoms with Crippen LogP contribution in [0.4, 0.5) is 0 Å². The van der Waals surface area contributed by atoms with Crippen LogP contribution in [0.2, 0.25) is 0 Å². The fraction of sp³-hybridized carbons (Fsp3) is 0.750. The maximum atomic E-state index is 10.3. The number of rotatable bonds is 5. The van der Waals surface area contributed by atoms with Gasteiger partial charge in [-0.05, 0) is 12.3 Å². The van der Waals surface area contributed by atoms with Gasteiger partial charge in [0.05, 0.1) is 6.61 Å². The van der Waals surface area contributed by atoms with E-state index in [1.54, 1.807) is 0 Å². The molecule has 0 bridgehead atoms. The third kappa shape index (κ3) is 7.05. The second kappa shape index (κ2) is 5.57. The molecule has 1 N–H and O–H groups in total. The molecule has 0 spiro atoms. The lowest BCUT2D eigenvalue weighted by Crippen LogP contribution is -2.09. The van der Waals surface area contributed by atoms with Gasteiger partial charge in [0.25, 0.3) is 0 Å². The zero-order chi connectivity index (χ0) is 9.56. The summed E-state index contributed by atoms with van der Waals surface area (Å²) in [5.41, 5.74) is 0. The number of carbonyl (C=O) groups is 2. The summed E-state index contributed by atoms with van der Waals surface area (Å²) in [6, 6.07) is 0. The Labute approximate surface area is 71.5 Å². The van der Waals surface area contributed by atoms with E-state index >= 15 is 0 Å². The molecule has 4 heteroatoms. The second-order valence-electron chi connectivity index (χ2n) is 2.83. The van der Waals surface area contributed by atoms with Crippen LogP contribution < -0.4 is 0 Å². The first-order chi connectivity index (χ1) is 5.52. The molecule has 0 aliphatic rings. The first-order valence-electron chi connectivity index (χ1n) is 3.87. The van der Waals surface area contributed by atoms with Crippen LogP contribution in [0.15, 0.2) is 0 Å². The van der Waals surface area contributed by atoms with Crippen LogP contribution in [0.25, 0.3) is 0 Å². The van der Waals surface area contributed by atoms with E-state index < -0.39 is 5.97 Å². The maximum absolute atomic E-state index is 10.3. The lowest BCUT2D eigenvalue weighted by atomic mass is 10.1. The molecule has 0 aromatic carbocycles. The first kappa shape index (κ1) is 10.9. The van der Waals surface area contributed by atoms with Crippen molar-refractivity contribution in [1.29, 1.82) is 0 Å². The largest absolute Gasteiger partial charge is 0.481 e. The van der Waals surface area contributed by atoms with E-state index in [0.717, 1.165) is 0 Å². The first-order valence-corrected chi connectivity index (χ1v) is 3.87. The van der Waals surface area contributed by atoms with Gasteiger partial charge in [-0.25, -0.2) is 0 Å². The monoisotopic (exact) mass is 174 g/mol. The van der Waals surface area contributed by atoms with Gasteiger partial charge in [-0.3, -0.25) is 9.59 Å². The van der Waals surface area contributed by atoms with Crippen molar-refractivity contribution in [2.45, 2.75) is 26.7 Å². The van der Waals surface area contributed by atoms with Gasteiger partial charge in [0.1, 0.15) is 0 Å². The summed E-state index contributed by atoms with van der Waals surface area (Å²) >= 11 is 0. The lowest BCUT2D eigenvalue weighted by Gasteiger charge is -2.07. The van der Waals surface area contributed by atoms with Gasteiger partial charge in [0, 0.05) is 13.3 Å². The Bertz CT molecular complexity index is 164. The highest BCUT2D eigenvalue weighted by Gasteiger charge is 2.07. The lowest BCUT2D eigenvalue weighted by molar-refractivity contribution is -0.141. The van der Waals surface area contributed by atoms with E-state index in [0.29, 0.717) is 13.0 Å². The molecule has 0 heterocycles. The Morgan fingerprint density at radius 1 is 1.50 bits per heavy atom. The van der Waals surface area contributed by atoms with E-state index in [9.17, 15) is 9.59 Å². The number of carbonyl (C=O) groups excluding carboxylic acids is 1. The minimum atomic E-state index is -0.815. The van der Waals surface area contributed by atoms with E-state index in [1.807, 2.05) is 6.92 Å². The number of hydrogen-bond acceptors (Lipinski definition) is 3. The third-order valence-electron chi connectivity index (χ3n) is 1.44.